The van der Waals surface area contributed by atoms with Crippen LogP contribution in [0.5, 0.6) is 5.75 Å². The van der Waals surface area contributed by atoms with E-state index in [2.05, 4.69) is 0 Å². The lowest BCUT2D eigenvalue weighted by atomic mass is 10.0. The molecule has 5 N–H and O–H groups in total. The summed E-state index contributed by atoms with van der Waals surface area (Å²) in [6.07, 6.45) is 0. The predicted molar refractivity (Wildman–Crippen MR) is 66.8 cm³/mol. The molecule has 19 heavy (non-hydrogen) atoms. The molecule has 0 heterocycles. The van der Waals surface area contributed by atoms with Gasteiger partial charge in [0.1, 0.15) is 5.75 Å². The number of aromatic carboxylic acids is 1. The average Bonchev–Trinajstić information content (AvgIpc) is 2.26. The molecule has 0 aliphatic carbocycles. The van der Waals surface area contributed by atoms with Gasteiger partial charge in [-0.2, -0.15) is 8.42 Å². The van der Waals surface area contributed by atoms with E-state index >= 15 is 0 Å². The van der Waals surface area contributed by atoms with Crippen molar-refractivity contribution < 1.29 is 28.0 Å². The third-order valence-corrected chi connectivity index (χ3v) is 3.46. The minimum atomic E-state index is -4.57. The van der Waals surface area contributed by atoms with Gasteiger partial charge in [0.15, 0.2) is 0 Å². The van der Waals surface area contributed by atoms with Crippen molar-refractivity contribution in [1.29, 1.82) is 0 Å². The number of carbonyl (C=O) groups is 1. The largest absolute Gasteiger partial charge is 0.507 e. The van der Waals surface area contributed by atoms with Gasteiger partial charge in [-0.1, -0.05) is 0 Å². The van der Waals surface area contributed by atoms with E-state index in [1.54, 1.807) is 0 Å². The molecule has 8 heteroatoms. The molecule has 0 atom stereocenters. The highest BCUT2D eigenvalue weighted by atomic mass is 32.2. The first kappa shape index (κ1) is 13.1. The third kappa shape index (κ3) is 2.18. The molecule has 0 aliphatic heterocycles. The van der Waals surface area contributed by atoms with E-state index in [1.807, 2.05) is 0 Å². The number of nitrogen functional groups attached to an aromatic ring is 1. The number of benzene rings is 2. The first-order valence-electron chi connectivity index (χ1n) is 4.98. The van der Waals surface area contributed by atoms with Gasteiger partial charge < -0.3 is 15.9 Å². The predicted octanol–water partition coefficient (Wildman–Crippen LogP) is 1.07. The summed E-state index contributed by atoms with van der Waals surface area (Å²) in [6.45, 7) is 0. The molecule has 2 aromatic carbocycles. The Morgan fingerprint density at radius 2 is 1.79 bits per heavy atom. The van der Waals surface area contributed by atoms with Gasteiger partial charge in [-0.15, -0.1) is 0 Å². The number of aromatic hydroxyl groups is 1. The van der Waals surface area contributed by atoms with Crippen LogP contribution in [0.2, 0.25) is 0 Å². The van der Waals surface area contributed by atoms with Crippen LogP contribution in [0.4, 0.5) is 5.69 Å². The fourth-order valence-corrected chi connectivity index (χ4v) is 2.32. The fourth-order valence-electron chi connectivity index (χ4n) is 1.79. The molecule has 7 nitrogen and oxygen atoms in total. The van der Waals surface area contributed by atoms with Gasteiger partial charge in [0.25, 0.3) is 10.1 Å². The number of carboxylic acids is 1. The summed E-state index contributed by atoms with van der Waals surface area (Å²) in [5, 5.41) is 18.8. The number of carboxylic acid groups (broad SMARTS) is 1. The topological polar surface area (TPSA) is 138 Å². The molecule has 0 saturated heterocycles. The van der Waals surface area contributed by atoms with Crippen molar-refractivity contribution in [2.24, 2.45) is 0 Å². The van der Waals surface area contributed by atoms with Crippen LogP contribution in [-0.4, -0.2) is 29.2 Å². The van der Waals surface area contributed by atoms with Crippen molar-refractivity contribution in [2.75, 3.05) is 5.73 Å². The van der Waals surface area contributed by atoms with Crippen LogP contribution in [0.3, 0.4) is 0 Å². The van der Waals surface area contributed by atoms with E-state index in [1.165, 1.54) is 12.1 Å². The molecular formula is C11H9NO6S. The third-order valence-electron chi connectivity index (χ3n) is 2.63. The molecule has 0 aromatic heterocycles. The van der Waals surface area contributed by atoms with Crippen molar-refractivity contribution in [3.8, 4) is 5.75 Å². The number of fused-ring (bicyclic) bond motifs is 1. The van der Waals surface area contributed by atoms with Gasteiger partial charge in [0, 0.05) is 22.5 Å². The first-order chi connectivity index (χ1) is 8.71. The van der Waals surface area contributed by atoms with Crippen LogP contribution in [0.15, 0.2) is 29.2 Å². The quantitative estimate of drug-likeness (QED) is 0.477. The van der Waals surface area contributed by atoms with Crippen molar-refractivity contribution in [2.45, 2.75) is 4.90 Å². The zero-order valence-corrected chi connectivity index (χ0v) is 10.2. The van der Waals surface area contributed by atoms with E-state index in [0.29, 0.717) is 0 Å². The zero-order chi connectivity index (χ0) is 14.4. The Kier molecular flexibility index (Phi) is 2.84. The minimum Gasteiger partial charge on any atom is -0.507 e. The number of phenols is 1. The molecule has 0 bridgehead atoms. The summed E-state index contributed by atoms with van der Waals surface area (Å²) >= 11 is 0. The van der Waals surface area contributed by atoms with Crippen molar-refractivity contribution in [1.82, 2.24) is 0 Å². The molecule has 0 saturated carbocycles. The molecule has 0 fully saturated rings. The smallest absolute Gasteiger partial charge is 0.338 e. The van der Waals surface area contributed by atoms with Crippen LogP contribution in [-0.2, 0) is 10.1 Å². The molecule has 100 valence electrons. The molecule has 0 radical (unpaired) electrons. The first-order valence-corrected chi connectivity index (χ1v) is 6.42. The van der Waals surface area contributed by atoms with Gasteiger partial charge in [-0.3, -0.25) is 4.55 Å². The highest BCUT2D eigenvalue weighted by molar-refractivity contribution is 7.85. The van der Waals surface area contributed by atoms with Gasteiger partial charge in [-0.25, -0.2) is 4.79 Å². The number of nitrogens with two attached hydrogens (primary N) is 1. The maximum absolute atomic E-state index is 11.1. The Bertz CT molecular complexity index is 796. The maximum Gasteiger partial charge on any atom is 0.338 e. The Morgan fingerprint density at radius 1 is 1.16 bits per heavy atom. The van der Waals surface area contributed by atoms with E-state index in [9.17, 15) is 18.3 Å². The van der Waals surface area contributed by atoms with Crippen molar-refractivity contribution >= 4 is 32.5 Å². The van der Waals surface area contributed by atoms with Gasteiger partial charge in [0.05, 0.1) is 10.5 Å². The Balaban J connectivity index is 3.00. The summed E-state index contributed by atoms with van der Waals surface area (Å²) in [5.74, 6) is -1.83. The van der Waals surface area contributed by atoms with Crippen molar-refractivity contribution in [3.05, 3.63) is 29.8 Å². The van der Waals surface area contributed by atoms with Crippen LogP contribution in [0.1, 0.15) is 10.4 Å². The summed E-state index contributed by atoms with van der Waals surface area (Å²) in [5.41, 5.74) is 5.11. The SMILES string of the molecule is Nc1ccc2c(O)cc(S(=O)(=O)O)cc2c1C(=O)O. The molecular weight excluding hydrogens is 274 g/mol. The Labute approximate surface area is 107 Å². The van der Waals surface area contributed by atoms with Crippen molar-refractivity contribution in [3.63, 3.8) is 0 Å². The van der Waals surface area contributed by atoms with E-state index in [4.69, 9.17) is 15.4 Å². The summed E-state index contributed by atoms with van der Waals surface area (Å²) in [7, 11) is -4.57. The highest BCUT2D eigenvalue weighted by Gasteiger charge is 2.19. The molecule has 2 rings (SSSR count). The van der Waals surface area contributed by atoms with Gasteiger partial charge >= 0.3 is 5.97 Å². The lowest BCUT2D eigenvalue weighted by molar-refractivity contribution is 0.0700. The molecule has 0 unspecified atom stereocenters. The molecule has 0 spiro atoms. The Morgan fingerprint density at radius 3 is 2.32 bits per heavy atom. The standard InChI is InChI=1S/C11H9NO6S/c12-8-2-1-6-7(10(8)11(14)15)3-5(4-9(6)13)19(16,17)18/h1-4,13H,12H2,(H,14,15)(H,16,17,18). The number of phenolic OH excluding ortho intramolecular Hbond substituents is 1. The maximum atomic E-state index is 11.1. The summed E-state index contributed by atoms with van der Waals surface area (Å²) in [4.78, 5) is 10.5. The van der Waals surface area contributed by atoms with E-state index in [-0.39, 0.29) is 22.0 Å². The van der Waals surface area contributed by atoms with Gasteiger partial charge in [0.2, 0.25) is 0 Å². The Hall–Kier alpha value is -2.32. The number of hydrogen-bond acceptors (Lipinski definition) is 5. The highest BCUT2D eigenvalue weighted by Crippen LogP contribution is 2.33. The number of hydrogen-bond donors (Lipinski definition) is 4. The van der Waals surface area contributed by atoms with E-state index in [0.717, 1.165) is 12.1 Å². The number of anilines is 1. The molecule has 0 amide bonds. The lowest BCUT2D eigenvalue weighted by Crippen LogP contribution is -2.05. The monoisotopic (exact) mass is 283 g/mol. The van der Waals surface area contributed by atoms with Gasteiger partial charge in [-0.05, 0) is 18.2 Å². The molecule has 2 aromatic rings. The van der Waals surface area contributed by atoms with E-state index < -0.39 is 26.7 Å². The second-order valence-corrected chi connectivity index (χ2v) is 5.27. The number of rotatable bonds is 2. The lowest BCUT2D eigenvalue weighted by Gasteiger charge is -2.09. The zero-order valence-electron chi connectivity index (χ0n) is 9.36. The van der Waals surface area contributed by atoms with Crippen LogP contribution >= 0.6 is 0 Å². The second kappa shape index (κ2) is 4.11. The fraction of sp³-hybridized carbons (Fsp3) is 0. The van der Waals surface area contributed by atoms with Crippen LogP contribution < -0.4 is 5.73 Å². The van der Waals surface area contributed by atoms with Crippen LogP contribution in [0, 0.1) is 0 Å². The minimum absolute atomic E-state index is 0.0693. The second-order valence-electron chi connectivity index (χ2n) is 3.85. The summed E-state index contributed by atoms with van der Waals surface area (Å²) < 4.78 is 31.1. The molecule has 0 aliphatic rings. The van der Waals surface area contributed by atoms with Crippen LogP contribution in [0.25, 0.3) is 10.8 Å². The normalized spacial score (nSPS) is 11.6. The summed E-state index contributed by atoms with van der Waals surface area (Å²) in [6, 6.07) is 4.43. The average molecular weight is 283 g/mol.